The quantitative estimate of drug-likeness (QED) is 0.693. The summed E-state index contributed by atoms with van der Waals surface area (Å²) in [6, 6.07) is 6.52. The number of carbonyl (C=O) groups is 2. The number of rotatable bonds is 8. The summed E-state index contributed by atoms with van der Waals surface area (Å²) in [5.74, 6) is 0.804. The molecule has 0 saturated heterocycles. The lowest BCUT2D eigenvalue weighted by molar-refractivity contribution is -0.139. The van der Waals surface area contributed by atoms with E-state index in [0.29, 0.717) is 30.4 Å². The number of amides is 2. The minimum Gasteiger partial charge on any atom is -0.494 e. The van der Waals surface area contributed by atoms with Crippen LogP contribution in [0, 0.1) is 5.92 Å². The third kappa shape index (κ3) is 5.25. The summed E-state index contributed by atoms with van der Waals surface area (Å²) >= 11 is 0. The second-order valence-electron chi connectivity index (χ2n) is 6.81. The summed E-state index contributed by atoms with van der Waals surface area (Å²) in [7, 11) is 0. The third-order valence-electron chi connectivity index (χ3n) is 4.10. The number of esters is 1. The molecule has 0 aliphatic carbocycles. The molecule has 142 valence electrons. The van der Waals surface area contributed by atoms with Gasteiger partial charge in [0, 0.05) is 5.70 Å². The number of allylic oxidation sites excluding steroid dienone is 1. The van der Waals surface area contributed by atoms with Gasteiger partial charge in [-0.1, -0.05) is 32.9 Å². The van der Waals surface area contributed by atoms with Gasteiger partial charge >= 0.3 is 12.0 Å². The molecule has 1 aliphatic rings. The second kappa shape index (κ2) is 9.27. The SMILES string of the molecule is CCCOc1ccc(C2NC(=O)NC(C)=C2C(=O)OCCC(C)C)cc1. The van der Waals surface area contributed by atoms with E-state index in [1.807, 2.05) is 31.2 Å². The zero-order chi connectivity index (χ0) is 19.1. The smallest absolute Gasteiger partial charge is 0.338 e. The summed E-state index contributed by atoms with van der Waals surface area (Å²) in [4.78, 5) is 24.5. The van der Waals surface area contributed by atoms with Crippen molar-refractivity contribution < 1.29 is 19.1 Å². The van der Waals surface area contributed by atoms with Gasteiger partial charge in [0.25, 0.3) is 0 Å². The van der Waals surface area contributed by atoms with Crippen molar-refractivity contribution in [3.8, 4) is 5.75 Å². The number of urea groups is 1. The maximum absolute atomic E-state index is 12.6. The van der Waals surface area contributed by atoms with Crippen molar-refractivity contribution in [1.82, 2.24) is 10.6 Å². The summed E-state index contributed by atoms with van der Waals surface area (Å²) in [6.45, 7) is 8.91. The van der Waals surface area contributed by atoms with Gasteiger partial charge < -0.3 is 20.1 Å². The molecule has 2 rings (SSSR count). The monoisotopic (exact) mass is 360 g/mol. The van der Waals surface area contributed by atoms with E-state index in [1.54, 1.807) is 6.92 Å². The fourth-order valence-corrected chi connectivity index (χ4v) is 2.66. The molecule has 6 heteroatoms. The van der Waals surface area contributed by atoms with Gasteiger partial charge in [-0.2, -0.15) is 0 Å². The zero-order valence-electron chi connectivity index (χ0n) is 15.9. The molecule has 0 fully saturated rings. The molecule has 1 heterocycles. The Morgan fingerprint density at radius 3 is 2.50 bits per heavy atom. The van der Waals surface area contributed by atoms with Gasteiger partial charge in [-0.05, 0) is 43.4 Å². The number of nitrogens with one attached hydrogen (secondary N) is 2. The van der Waals surface area contributed by atoms with Crippen LogP contribution in [-0.4, -0.2) is 25.2 Å². The van der Waals surface area contributed by atoms with Crippen LogP contribution in [0.2, 0.25) is 0 Å². The Morgan fingerprint density at radius 2 is 1.88 bits per heavy atom. The molecular formula is C20H28N2O4. The Bertz CT molecular complexity index is 665. The summed E-state index contributed by atoms with van der Waals surface area (Å²) < 4.78 is 11.0. The van der Waals surface area contributed by atoms with Crippen molar-refractivity contribution in [2.75, 3.05) is 13.2 Å². The maximum atomic E-state index is 12.6. The average molecular weight is 360 g/mol. The molecule has 6 nitrogen and oxygen atoms in total. The molecule has 1 aliphatic heterocycles. The van der Waals surface area contributed by atoms with E-state index in [4.69, 9.17) is 9.47 Å². The van der Waals surface area contributed by atoms with E-state index in [-0.39, 0.29) is 6.03 Å². The maximum Gasteiger partial charge on any atom is 0.338 e. The van der Waals surface area contributed by atoms with Crippen molar-refractivity contribution in [1.29, 1.82) is 0 Å². The van der Waals surface area contributed by atoms with Crippen LogP contribution in [0.25, 0.3) is 0 Å². The van der Waals surface area contributed by atoms with Gasteiger partial charge in [-0.25, -0.2) is 9.59 Å². The van der Waals surface area contributed by atoms with E-state index in [9.17, 15) is 9.59 Å². The second-order valence-corrected chi connectivity index (χ2v) is 6.81. The first-order valence-corrected chi connectivity index (χ1v) is 9.10. The first-order chi connectivity index (χ1) is 12.4. The minimum absolute atomic E-state index is 0.336. The summed E-state index contributed by atoms with van der Waals surface area (Å²) in [5.41, 5.74) is 1.74. The summed E-state index contributed by atoms with van der Waals surface area (Å²) in [6.07, 6.45) is 1.73. The van der Waals surface area contributed by atoms with Crippen LogP contribution < -0.4 is 15.4 Å². The fourth-order valence-electron chi connectivity index (χ4n) is 2.66. The Balaban J connectivity index is 2.19. The summed E-state index contributed by atoms with van der Waals surface area (Å²) in [5, 5.41) is 5.46. The third-order valence-corrected chi connectivity index (χ3v) is 4.10. The Kier molecular flexibility index (Phi) is 7.06. The normalized spacial score (nSPS) is 17.0. The number of ether oxygens (including phenoxy) is 2. The molecule has 0 radical (unpaired) electrons. The molecule has 26 heavy (non-hydrogen) atoms. The zero-order valence-corrected chi connectivity index (χ0v) is 15.9. The van der Waals surface area contributed by atoms with Crippen LogP contribution >= 0.6 is 0 Å². The van der Waals surface area contributed by atoms with Crippen LogP contribution in [0.1, 0.15) is 52.1 Å². The molecule has 1 aromatic rings. The highest BCUT2D eigenvalue weighted by atomic mass is 16.5. The van der Waals surface area contributed by atoms with Crippen LogP contribution in [0.5, 0.6) is 5.75 Å². The molecule has 1 unspecified atom stereocenters. The van der Waals surface area contributed by atoms with Crippen molar-refractivity contribution in [3.05, 3.63) is 41.1 Å². The molecular weight excluding hydrogens is 332 g/mol. The van der Waals surface area contributed by atoms with Crippen molar-refractivity contribution in [3.63, 3.8) is 0 Å². The van der Waals surface area contributed by atoms with Crippen LogP contribution in [0.3, 0.4) is 0 Å². The first-order valence-electron chi connectivity index (χ1n) is 9.10. The van der Waals surface area contributed by atoms with Gasteiger partial charge in [-0.3, -0.25) is 0 Å². The average Bonchev–Trinajstić information content (AvgIpc) is 2.59. The fraction of sp³-hybridized carbons (Fsp3) is 0.500. The van der Waals surface area contributed by atoms with Gasteiger partial charge in [0.15, 0.2) is 0 Å². The van der Waals surface area contributed by atoms with Gasteiger partial charge in [-0.15, -0.1) is 0 Å². The number of hydrogen-bond acceptors (Lipinski definition) is 4. The van der Waals surface area contributed by atoms with Crippen molar-refractivity contribution in [2.45, 2.75) is 46.6 Å². The first kappa shape index (κ1) is 19.8. The van der Waals surface area contributed by atoms with Gasteiger partial charge in [0.2, 0.25) is 0 Å². The Labute approximate surface area is 154 Å². The largest absolute Gasteiger partial charge is 0.494 e. The van der Waals surface area contributed by atoms with Crippen molar-refractivity contribution in [2.24, 2.45) is 5.92 Å². The molecule has 2 amide bonds. The lowest BCUT2D eigenvalue weighted by Gasteiger charge is -2.28. The Hall–Kier alpha value is -2.50. The highest BCUT2D eigenvalue weighted by Gasteiger charge is 2.32. The van der Waals surface area contributed by atoms with Crippen LogP contribution in [-0.2, 0) is 9.53 Å². The van der Waals surface area contributed by atoms with Crippen LogP contribution in [0.4, 0.5) is 4.79 Å². The molecule has 0 aromatic heterocycles. The predicted octanol–water partition coefficient (Wildman–Crippen LogP) is 3.69. The minimum atomic E-state index is -0.546. The molecule has 1 atom stereocenters. The lowest BCUT2D eigenvalue weighted by atomic mass is 9.95. The molecule has 2 N–H and O–H groups in total. The topological polar surface area (TPSA) is 76.7 Å². The number of benzene rings is 1. The van der Waals surface area contributed by atoms with Crippen LogP contribution in [0.15, 0.2) is 35.5 Å². The van der Waals surface area contributed by atoms with E-state index >= 15 is 0 Å². The molecule has 0 saturated carbocycles. The molecule has 1 aromatic carbocycles. The highest BCUT2D eigenvalue weighted by Crippen LogP contribution is 2.29. The standard InChI is InChI=1S/C20H28N2O4/c1-5-11-25-16-8-6-15(7-9-16)18-17(14(4)21-20(24)22-18)19(23)26-12-10-13(2)3/h6-9,13,18H,5,10-12H2,1-4H3,(H2,21,22,24). The number of hydrogen-bond donors (Lipinski definition) is 2. The van der Waals surface area contributed by atoms with E-state index in [0.717, 1.165) is 24.2 Å². The van der Waals surface area contributed by atoms with Gasteiger partial charge in [0.1, 0.15) is 5.75 Å². The van der Waals surface area contributed by atoms with Gasteiger partial charge in [0.05, 0.1) is 24.8 Å². The van der Waals surface area contributed by atoms with E-state index in [2.05, 4.69) is 24.5 Å². The molecule has 0 bridgehead atoms. The number of carbonyl (C=O) groups excluding carboxylic acids is 2. The predicted molar refractivity (Wildman–Crippen MR) is 99.8 cm³/mol. The van der Waals surface area contributed by atoms with E-state index in [1.165, 1.54) is 0 Å². The lowest BCUT2D eigenvalue weighted by Crippen LogP contribution is -2.45. The molecule has 0 spiro atoms. The highest BCUT2D eigenvalue weighted by molar-refractivity contribution is 5.95. The Morgan fingerprint density at radius 1 is 1.19 bits per heavy atom. The van der Waals surface area contributed by atoms with E-state index < -0.39 is 12.0 Å². The van der Waals surface area contributed by atoms with Crippen molar-refractivity contribution >= 4 is 12.0 Å².